The second-order valence-electron chi connectivity index (χ2n) is 5.69. The highest BCUT2D eigenvalue weighted by Crippen LogP contribution is 2.37. The number of rotatable bonds is 5. The van der Waals surface area contributed by atoms with Crippen LogP contribution in [0, 0.1) is 0 Å². The Morgan fingerprint density at radius 1 is 0.800 bits per heavy atom. The van der Waals surface area contributed by atoms with Gasteiger partial charge in [0.15, 0.2) is 0 Å². The predicted molar refractivity (Wildman–Crippen MR) is 94.9 cm³/mol. The van der Waals surface area contributed by atoms with Gasteiger partial charge in [0.2, 0.25) is 0 Å². The minimum Gasteiger partial charge on any atom is -0.497 e. The van der Waals surface area contributed by atoms with E-state index < -0.39 is 11.6 Å². The van der Waals surface area contributed by atoms with Crippen molar-refractivity contribution in [3.05, 3.63) is 101 Å². The summed E-state index contributed by atoms with van der Waals surface area (Å²) in [7, 11) is 1.59. The van der Waals surface area contributed by atoms with Crippen molar-refractivity contribution in [1.29, 1.82) is 0 Å². The van der Waals surface area contributed by atoms with E-state index in [1.54, 1.807) is 43.5 Å². The van der Waals surface area contributed by atoms with Crippen LogP contribution in [-0.4, -0.2) is 23.3 Å². The Morgan fingerprint density at radius 3 is 1.76 bits per heavy atom. The molecule has 0 heterocycles. The number of carbonyl (C=O) groups is 1. The van der Waals surface area contributed by atoms with E-state index in [2.05, 4.69) is 0 Å². The first-order valence-electron chi connectivity index (χ1n) is 7.82. The van der Waals surface area contributed by atoms with Gasteiger partial charge in [0.25, 0.3) is 0 Å². The van der Waals surface area contributed by atoms with Gasteiger partial charge in [-0.05, 0) is 41.0 Å². The Kier molecular flexibility index (Phi) is 4.55. The standard InChI is InChI=1S/C21H18O4/c1-25-19-13-11-18(12-14-19)21(24,16-5-3-2-4-6-16)17-9-7-15(8-10-17)20(22)23/h2-14,24H,1H3,(H,22,23). The zero-order valence-corrected chi connectivity index (χ0v) is 13.7. The van der Waals surface area contributed by atoms with Gasteiger partial charge in [-0.25, -0.2) is 4.79 Å². The van der Waals surface area contributed by atoms with E-state index >= 15 is 0 Å². The maximum absolute atomic E-state index is 11.6. The summed E-state index contributed by atoms with van der Waals surface area (Å²) >= 11 is 0. The number of hydrogen-bond acceptors (Lipinski definition) is 3. The van der Waals surface area contributed by atoms with Crippen LogP contribution in [0.3, 0.4) is 0 Å². The number of aromatic carboxylic acids is 1. The molecule has 3 aromatic rings. The number of carboxylic acids is 1. The molecule has 0 aliphatic heterocycles. The number of benzene rings is 3. The predicted octanol–water partition coefficient (Wildman–Crippen LogP) is 3.68. The average molecular weight is 334 g/mol. The summed E-state index contributed by atoms with van der Waals surface area (Å²) in [6, 6.07) is 22.7. The normalized spacial score (nSPS) is 13.0. The lowest BCUT2D eigenvalue weighted by atomic mass is 9.80. The van der Waals surface area contributed by atoms with Crippen molar-refractivity contribution < 1.29 is 19.7 Å². The van der Waals surface area contributed by atoms with Gasteiger partial charge in [-0.1, -0.05) is 54.6 Å². The van der Waals surface area contributed by atoms with Gasteiger partial charge in [-0.3, -0.25) is 0 Å². The minimum absolute atomic E-state index is 0.175. The number of ether oxygens (including phenoxy) is 1. The van der Waals surface area contributed by atoms with E-state index in [1.165, 1.54) is 12.1 Å². The summed E-state index contributed by atoms with van der Waals surface area (Å²) < 4.78 is 5.19. The fourth-order valence-electron chi connectivity index (χ4n) is 2.87. The largest absolute Gasteiger partial charge is 0.497 e. The third-order valence-electron chi connectivity index (χ3n) is 4.25. The van der Waals surface area contributed by atoms with E-state index in [-0.39, 0.29) is 5.56 Å². The molecule has 0 saturated heterocycles. The molecule has 0 fully saturated rings. The van der Waals surface area contributed by atoms with Crippen LogP contribution in [0.1, 0.15) is 27.0 Å². The smallest absolute Gasteiger partial charge is 0.335 e. The van der Waals surface area contributed by atoms with Gasteiger partial charge in [0, 0.05) is 0 Å². The second-order valence-corrected chi connectivity index (χ2v) is 5.69. The highest BCUT2D eigenvalue weighted by atomic mass is 16.5. The van der Waals surface area contributed by atoms with Crippen molar-refractivity contribution in [2.45, 2.75) is 5.60 Å². The monoisotopic (exact) mass is 334 g/mol. The number of hydrogen-bond donors (Lipinski definition) is 2. The van der Waals surface area contributed by atoms with Crippen molar-refractivity contribution >= 4 is 5.97 Å². The van der Waals surface area contributed by atoms with Gasteiger partial charge < -0.3 is 14.9 Å². The fourth-order valence-corrected chi connectivity index (χ4v) is 2.87. The molecule has 25 heavy (non-hydrogen) atoms. The number of carboxylic acid groups (broad SMARTS) is 1. The topological polar surface area (TPSA) is 66.8 Å². The molecule has 0 bridgehead atoms. The van der Waals surface area contributed by atoms with Crippen molar-refractivity contribution in [1.82, 2.24) is 0 Å². The lowest BCUT2D eigenvalue weighted by Crippen LogP contribution is -2.28. The number of aliphatic hydroxyl groups is 1. The van der Waals surface area contributed by atoms with Crippen molar-refractivity contribution in [2.24, 2.45) is 0 Å². The molecule has 126 valence electrons. The van der Waals surface area contributed by atoms with Crippen LogP contribution in [0.5, 0.6) is 5.75 Å². The van der Waals surface area contributed by atoms with Crippen LogP contribution in [0.15, 0.2) is 78.9 Å². The minimum atomic E-state index is -1.40. The van der Waals surface area contributed by atoms with Gasteiger partial charge in [-0.2, -0.15) is 0 Å². The second kappa shape index (κ2) is 6.79. The molecule has 3 aromatic carbocycles. The summed E-state index contributed by atoms with van der Waals surface area (Å²) in [6.45, 7) is 0. The number of methoxy groups -OCH3 is 1. The van der Waals surface area contributed by atoms with Gasteiger partial charge >= 0.3 is 5.97 Å². The van der Waals surface area contributed by atoms with Crippen LogP contribution in [0.25, 0.3) is 0 Å². The molecule has 0 amide bonds. The molecule has 3 rings (SSSR count). The zero-order chi connectivity index (χ0) is 17.9. The zero-order valence-electron chi connectivity index (χ0n) is 13.7. The molecular formula is C21H18O4. The molecule has 1 atom stereocenters. The Bertz CT molecular complexity index is 855. The molecule has 0 radical (unpaired) electrons. The van der Waals surface area contributed by atoms with Gasteiger partial charge in [0.1, 0.15) is 11.4 Å². The van der Waals surface area contributed by atoms with E-state index in [9.17, 15) is 9.90 Å². The highest BCUT2D eigenvalue weighted by molar-refractivity contribution is 5.87. The average Bonchev–Trinajstić information content (AvgIpc) is 2.68. The summed E-state index contributed by atoms with van der Waals surface area (Å²) in [6.07, 6.45) is 0. The molecule has 2 N–H and O–H groups in total. The fraction of sp³-hybridized carbons (Fsp3) is 0.0952. The van der Waals surface area contributed by atoms with Crippen LogP contribution >= 0.6 is 0 Å². The van der Waals surface area contributed by atoms with Crippen LogP contribution in [0.4, 0.5) is 0 Å². The van der Waals surface area contributed by atoms with Crippen LogP contribution < -0.4 is 4.74 Å². The first-order chi connectivity index (χ1) is 12.1. The van der Waals surface area contributed by atoms with Crippen LogP contribution in [0.2, 0.25) is 0 Å². The Hall–Kier alpha value is -3.11. The third kappa shape index (κ3) is 3.12. The molecule has 1 unspecified atom stereocenters. The van der Waals surface area contributed by atoms with E-state index in [0.717, 1.165) is 0 Å². The summed E-state index contributed by atoms with van der Waals surface area (Å²) in [5.74, 6) is -0.306. The quantitative estimate of drug-likeness (QED) is 0.699. The molecule has 0 saturated carbocycles. The van der Waals surface area contributed by atoms with E-state index in [0.29, 0.717) is 22.4 Å². The van der Waals surface area contributed by atoms with Crippen LogP contribution in [-0.2, 0) is 5.60 Å². The lowest BCUT2D eigenvalue weighted by molar-refractivity contribution is 0.0696. The Balaban J connectivity index is 2.16. The molecule has 4 heteroatoms. The van der Waals surface area contributed by atoms with Gasteiger partial charge in [0.05, 0.1) is 12.7 Å². The van der Waals surface area contributed by atoms with E-state index in [4.69, 9.17) is 9.84 Å². The molecule has 0 spiro atoms. The van der Waals surface area contributed by atoms with Gasteiger partial charge in [-0.15, -0.1) is 0 Å². The summed E-state index contributed by atoms with van der Waals surface area (Å²) in [5, 5.41) is 20.7. The maximum Gasteiger partial charge on any atom is 0.335 e. The van der Waals surface area contributed by atoms with Crippen molar-refractivity contribution in [3.8, 4) is 5.75 Å². The van der Waals surface area contributed by atoms with E-state index in [1.807, 2.05) is 30.3 Å². The first-order valence-corrected chi connectivity index (χ1v) is 7.82. The summed E-state index contributed by atoms with van der Waals surface area (Å²) in [4.78, 5) is 11.1. The molecular weight excluding hydrogens is 316 g/mol. The summed E-state index contributed by atoms with van der Waals surface area (Å²) in [5.41, 5.74) is 0.735. The maximum atomic E-state index is 11.6. The Morgan fingerprint density at radius 2 is 1.28 bits per heavy atom. The Labute approximate surface area is 146 Å². The van der Waals surface area contributed by atoms with Crippen molar-refractivity contribution in [3.63, 3.8) is 0 Å². The first kappa shape index (κ1) is 16.7. The highest BCUT2D eigenvalue weighted by Gasteiger charge is 2.33. The molecule has 4 nitrogen and oxygen atoms in total. The van der Waals surface area contributed by atoms with Crippen molar-refractivity contribution in [2.75, 3.05) is 7.11 Å². The third-order valence-corrected chi connectivity index (χ3v) is 4.25. The molecule has 0 aromatic heterocycles. The molecule has 0 aliphatic rings. The molecule has 0 aliphatic carbocycles. The SMILES string of the molecule is COc1ccc(C(O)(c2ccccc2)c2ccc(C(=O)O)cc2)cc1. The lowest BCUT2D eigenvalue weighted by Gasteiger charge is -2.30.